The second-order valence-electron chi connectivity index (χ2n) is 6.86. The zero-order valence-corrected chi connectivity index (χ0v) is 14.8. The summed E-state index contributed by atoms with van der Waals surface area (Å²) >= 11 is 0. The number of hydrogen-bond donors (Lipinski definition) is 1. The zero-order chi connectivity index (χ0) is 20.1. The van der Waals surface area contributed by atoms with Crippen LogP contribution in [-0.4, -0.2) is 18.5 Å². The van der Waals surface area contributed by atoms with Crippen molar-refractivity contribution in [2.45, 2.75) is 25.4 Å². The van der Waals surface area contributed by atoms with Crippen LogP contribution in [0.25, 0.3) is 0 Å². The van der Waals surface area contributed by atoms with Crippen molar-refractivity contribution in [1.29, 1.82) is 0 Å². The third kappa shape index (κ3) is 3.42. The summed E-state index contributed by atoms with van der Waals surface area (Å²) in [6, 6.07) is 7.93. The molecular weight excluding hydrogens is 375 g/mol. The predicted octanol–water partition coefficient (Wildman–Crippen LogP) is 4.38. The lowest BCUT2D eigenvalue weighted by Gasteiger charge is -2.11. The molecule has 0 radical (unpaired) electrons. The van der Waals surface area contributed by atoms with Crippen molar-refractivity contribution in [3.8, 4) is 11.5 Å². The fourth-order valence-electron chi connectivity index (χ4n) is 3.33. The average Bonchev–Trinajstić information content (AvgIpc) is 3.31. The molecule has 2 atom stereocenters. The number of ether oxygens (including phenoxy) is 2. The van der Waals surface area contributed by atoms with Gasteiger partial charge in [0.2, 0.25) is 12.7 Å². The van der Waals surface area contributed by atoms with E-state index in [1.54, 1.807) is 6.07 Å². The summed E-state index contributed by atoms with van der Waals surface area (Å²) in [5.41, 5.74) is 0.610. The van der Waals surface area contributed by atoms with Gasteiger partial charge in [-0.1, -0.05) is 12.1 Å². The summed E-state index contributed by atoms with van der Waals surface area (Å²) in [6.07, 6.45) is -3.85. The summed E-state index contributed by atoms with van der Waals surface area (Å²) in [7, 11) is 0. The van der Waals surface area contributed by atoms with E-state index in [0.717, 1.165) is 12.1 Å². The molecule has 2 aromatic carbocycles. The minimum atomic E-state index is -4.39. The average molecular weight is 391 g/mol. The first kappa shape index (κ1) is 18.3. The number of hydrogen-bond acceptors (Lipinski definition) is 4. The van der Waals surface area contributed by atoms with Crippen molar-refractivity contribution in [2.24, 2.45) is 5.92 Å². The molecule has 4 rings (SSSR count). The van der Waals surface area contributed by atoms with E-state index in [9.17, 15) is 22.8 Å². The summed E-state index contributed by atoms with van der Waals surface area (Å²) in [4.78, 5) is 24.5. The Balaban J connectivity index is 1.48. The monoisotopic (exact) mass is 391 g/mol. The van der Waals surface area contributed by atoms with Gasteiger partial charge in [0.1, 0.15) is 0 Å². The van der Waals surface area contributed by atoms with Gasteiger partial charge < -0.3 is 14.8 Å². The lowest BCUT2D eigenvalue weighted by molar-refractivity contribution is -0.137. The highest BCUT2D eigenvalue weighted by Gasteiger charge is 2.44. The number of rotatable bonds is 4. The minimum absolute atomic E-state index is 0.0443. The molecule has 1 aliphatic heterocycles. The van der Waals surface area contributed by atoms with Crippen LogP contribution in [0.2, 0.25) is 0 Å². The molecule has 2 aliphatic rings. The van der Waals surface area contributed by atoms with Gasteiger partial charge in [-0.2, -0.15) is 13.2 Å². The van der Waals surface area contributed by atoms with Crippen LogP contribution in [0.1, 0.15) is 40.7 Å². The molecule has 1 saturated carbocycles. The van der Waals surface area contributed by atoms with Crippen molar-refractivity contribution in [3.05, 3.63) is 53.1 Å². The van der Waals surface area contributed by atoms with Crippen molar-refractivity contribution >= 4 is 17.4 Å². The number of carbonyl (C=O) groups is 2. The Hall–Kier alpha value is -3.03. The molecule has 0 spiro atoms. The molecule has 28 heavy (non-hydrogen) atoms. The van der Waals surface area contributed by atoms with Gasteiger partial charge in [0.15, 0.2) is 17.3 Å². The van der Waals surface area contributed by atoms with Gasteiger partial charge in [0.25, 0.3) is 0 Å². The first-order valence-corrected chi connectivity index (χ1v) is 8.66. The molecular formula is C20H16F3NO4. The summed E-state index contributed by atoms with van der Waals surface area (Å²) < 4.78 is 48.5. The molecule has 0 saturated heterocycles. The van der Waals surface area contributed by atoms with Gasteiger partial charge >= 0.3 is 6.18 Å². The maximum absolute atomic E-state index is 12.7. The van der Waals surface area contributed by atoms with Crippen LogP contribution in [-0.2, 0) is 11.0 Å². The molecule has 1 N–H and O–H groups in total. The molecule has 0 aromatic heterocycles. The number of alkyl halides is 3. The van der Waals surface area contributed by atoms with E-state index in [2.05, 4.69) is 5.32 Å². The van der Waals surface area contributed by atoms with Crippen molar-refractivity contribution in [3.63, 3.8) is 0 Å². The Labute approximate surface area is 158 Å². The van der Waals surface area contributed by atoms with Crippen molar-refractivity contribution in [1.82, 2.24) is 0 Å². The maximum Gasteiger partial charge on any atom is 0.416 e. The molecule has 2 unspecified atom stereocenters. The van der Waals surface area contributed by atoms with Crippen LogP contribution in [0.5, 0.6) is 11.5 Å². The second-order valence-corrected chi connectivity index (χ2v) is 6.86. The van der Waals surface area contributed by atoms with Gasteiger partial charge in [-0.15, -0.1) is 0 Å². The number of halogens is 3. The minimum Gasteiger partial charge on any atom is -0.454 e. The highest BCUT2D eigenvalue weighted by molar-refractivity contribution is 6.05. The van der Waals surface area contributed by atoms with E-state index >= 15 is 0 Å². The lowest BCUT2D eigenvalue weighted by atomic mass is 10.1. The third-order valence-electron chi connectivity index (χ3n) is 4.94. The summed E-state index contributed by atoms with van der Waals surface area (Å²) in [5, 5.41) is 2.74. The van der Waals surface area contributed by atoms with E-state index in [0.29, 0.717) is 34.7 Å². The highest BCUT2D eigenvalue weighted by Crippen LogP contribution is 2.49. The molecule has 1 aliphatic carbocycles. The SMILES string of the molecule is CC(=O)c1cc2c(cc1NC(=O)C1CC1c1ccc(C(F)(F)F)cc1)OCO2. The van der Waals surface area contributed by atoms with E-state index < -0.39 is 11.7 Å². The maximum atomic E-state index is 12.7. The number of fused-ring (bicyclic) bond motifs is 1. The third-order valence-corrected chi connectivity index (χ3v) is 4.94. The number of Topliss-reactive ketones (excluding diaryl/α,β-unsaturated/α-hetero) is 1. The molecule has 2 aromatic rings. The smallest absolute Gasteiger partial charge is 0.416 e. The number of nitrogens with one attached hydrogen (secondary N) is 1. The van der Waals surface area contributed by atoms with Gasteiger partial charge in [-0.25, -0.2) is 0 Å². The molecule has 8 heteroatoms. The molecule has 1 fully saturated rings. The molecule has 1 heterocycles. The Kier molecular flexibility index (Phi) is 4.28. The number of carbonyl (C=O) groups excluding carboxylic acids is 2. The van der Waals surface area contributed by atoms with E-state index in [4.69, 9.17) is 9.47 Å². The van der Waals surface area contributed by atoms with Crippen LogP contribution in [0.4, 0.5) is 18.9 Å². The van der Waals surface area contributed by atoms with Crippen LogP contribution >= 0.6 is 0 Å². The van der Waals surface area contributed by atoms with Crippen LogP contribution in [0.3, 0.4) is 0 Å². The molecule has 5 nitrogen and oxygen atoms in total. The molecule has 1 amide bonds. The van der Waals surface area contributed by atoms with Gasteiger partial charge in [0.05, 0.1) is 11.3 Å². The summed E-state index contributed by atoms with van der Waals surface area (Å²) in [5.74, 6) is -0.137. The fourth-order valence-corrected chi connectivity index (χ4v) is 3.33. The highest BCUT2D eigenvalue weighted by atomic mass is 19.4. The van der Waals surface area contributed by atoms with Crippen LogP contribution in [0.15, 0.2) is 36.4 Å². The van der Waals surface area contributed by atoms with Gasteiger partial charge in [-0.3, -0.25) is 9.59 Å². The Morgan fingerprint density at radius 1 is 1.07 bits per heavy atom. The number of amides is 1. The Bertz CT molecular complexity index is 953. The Morgan fingerprint density at radius 2 is 1.71 bits per heavy atom. The van der Waals surface area contributed by atoms with Crippen LogP contribution < -0.4 is 14.8 Å². The van der Waals surface area contributed by atoms with Crippen molar-refractivity contribution in [2.75, 3.05) is 12.1 Å². The van der Waals surface area contributed by atoms with E-state index in [-0.39, 0.29) is 30.3 Å². The molecule has 0 bridgehead atoms. The van der Waals surface area contributed by atoms with Gasteiger partial charge in [-0.05, 0) is 43.0 Å². The number of ketones is 1. The normalized spacial score (nSPS) is 20.0. The van der Waals surface area contributed by atoms with Crippen LogP contribution in [0, 0.1) is 5.92 Å². The largest absolute Gasteiger partial charge is 0.454 e. The quantitative estimate of drug-likeness (QED) is 0.786. The topological polar surface area (TPSA) is 64.6 Å². The second kappa shape index (κ2) is 6.54. The standard InChI is InChI=1S/C20H16F3NO4/c1-10(25)13-7-17-18(28-9-27-17)8-16(13)24-19(26)15-6-14(15)11-2-4-12(5-3-11)20(21,22)23/h2-5,7-8,14-15H,6,9H2,1H3,(H,24,26). The predicted molar refractivity (Wildman–Crippen MR) is 93.5 cm³/mol. The van der Waals surface area contributed by atoms with E-state index in [1.165, 1.54) is 25.1 Å². The fraction of sp³-hybridized carbons (Fsp3) is 0.300. The molecule has 146 valence electrons. The van der Waals surface area contributed by atoms with Crippen molar-refractivity contribution < 1.29 is 32.2 Å². The lowest BCUT2D eigenvalue weighted by Crippen LogP contribution is -2.16. The summed E-state index contributed by atoms with van der Waals surface area (Å²) in [6.45, 7) is 1.43. The Morgan fingerprint density at radius 3 is 2.32 bits per heavy atom. The first-order chi connectivity index (χ1) is 13.2. The van der Waals surface area contributed by atoms with E-state index in [1.807, 2.05) is 0 Å². The first-order valence-electron chi connectivity index (χ1n) is 8.66. The zero-order valence-electron chi connectivity index (χ0n) is 14.8. The number of anilines is 1. The van der Waals surface area contributed by atoms with Gasteiger partial charge in [0, 0.05) is 17.5 Å². The number of benzene rings is 2.